The minimum atomic E-state index is 0.0370. The second kappa shape index (κ2) is 7.70. The lowest BCUT2D eigenvalue weighted by molar-refractivity contribution is -0.150. The summed E-state index contributed by atoms with van der Waals surface area (Å²) < 4.78 is 5.45. The number of esters is 1. The van der Waals surface area contributed by atoms with E-state index in [4.69, 9.17) is 4.74 Å². The number of carbonyl (C=O) groups is 1. The highest BCUT2D eigenvalue weighted by Gasteiger charge is 2.20. The summed E-state index contributed by atoms with van der Waals surface area (Å²) in [6, 6.07) is 0. The van der Waals surface area contributed by atoms with E-state index in [9.17, 15) is 4.79 Å². The molecule has 16 heavy (non-hydrogen) atoms. The standard InChI is InChI=1S/C14H26O2/c1-3-8-13(4-2)14(15)16-11-12-9-6-5-7-10-12/h12-13H,3-11H2,1-2H3. The average Bonchev–Trinajstić information content (AvgIpc) is 2.34. The fourth-order valence-corrected chi connectivity index (χ4v) is 2.51. The maximum atomic E-state index is 11.8. The lowest BCUT2D eigenvalue weighted by atomic mass is 9.90. The van der Waals surface area contributed by atoms with Crippen molar-refractivity contribution in [1.82, 2.24) is 0 Å². The van der Waals surface area contributed by atoms with Crippen molar-refractivity contribution < 1.29 is 9.53 Å². The molecule has 0 aromatic carbocycles. The largest absolute Gasteiger partial charge is 0.465 e. The van der Waals surface area contributed by atoms with Gasteiger partial charge in [0.1, 0.15) is 0 Å². The van der Waals surface area contributed by atoms with Crippen molar-refractivity contribution in [1.29, 1.82) is 0 Å². The van der Waals surface area contributed by atoms with Gasteiger partial charge in [-0.15, -0.1) is 0 Å². The highest BCUT2D eigenvalue weighted by molar-refractivity contribution is 5.72. The Morgan fingerprint density at radius 1 is 1.25 bits per heavy atom. The monoisotopic (exact) mass is 226 g/mol. The van der Waals surface area contributed by atoms with Gasteiger partial charge in [-0.1, -0.05) is 39.5 Å². The van der Waals surface area contributed by atoms with Crippen LogP contribution in [0.5, 0.6) is 0 Å². The third-order valence-electron chi connectivity index (χ3n) is 3.65. The van der Waals surface area contributed by atoms with E-state index in [0.717, 1.165) is 19.3 Å². The minimum Gasteiger partial charge on any atom is -0.465 e. The molecule has 1 aliphatic carbocycles. The maximum Gasteiger partial charge on any atom is 0.308 e. The first-order valence-electron chi connectivity index (χ1n) is 6.94. The fraction of sp³-hybridized carbons (Fsp3) is 0.929. The summed E-state index contributed by atoms with van der Waals surface area (Å²) in [5, 5.41) is 0. The van der Waals surface area contributed by atoms with Crippen LogP contribution in [0.2, 0.25) is 0 Å². The first kappa shape index (κ1) is 13.5. The van der Waals surface area contributed by atoms with E-state index in [2.05, 4.69) is 13.8 Å². The van der Waals surface area contributed by atoms with Crippen LogP contribution in [-0.2, 0) is 9.53 Å². The molecule has 0 spiro atoms. The molecule has 0 N–H and O–H groups in total. The van der Waals surface area contributed by atoms with Gasteiger partial charge in [0.15, 0.2) is 0 Å². The molecule has 1 rings (SSSR count). The van der Waals surface area contributed by atoms with E-state index in [-0.39, 0.29) is 11.9 Å². The predicted molar refractivity (Wildman–Crippen MR) is 66.2 cm³/mol. The molecule has 0 saturated heterocycles. The Bertz CT molecular complexity index is 195. The lowest BCUT2D eigenvalue weighted by Crippen LogP contribution is -2.22. The van der Waals surface area contributed by atoms with Gasteiger partial charge < -0.3 is 4.74 Å². The molecule has 0 heterocycles. The van der Waals surface area contributed by atoms with Crippen molar-refractivity contribution in [3.8, 4) is 0 Å². The Morgan fingerprint density at radius 2 is 1.94 bits per heavy atom. The SMILES string of the molecule is CCCC(CC)C(=O)OCC1CCCCC1. The van der Waals surface area contributed by atoms with Crippen molar-refractivity contribution in [3.05, 3.63) is 0 Å². The van der Waals surface area contributed by atoms with Crippen LogP contribution >= 0.6 is 0 Å². The van der Waals surface area contributed by atoms with E-state index in [1.165, 1.54) is 32.1 Å². The Morgan fingerprint density at radius 3 is 2.50 bits per heavy atom. The van der Waals surface area contributed by atoms with Crippen LogP contribution in [0.15, 0.2) is 0 Å². The van der Waals surface area contributed by atoms with Gasteiger partial charge in [-0.25, -0.2) is 0 Å². The van der Waals surface area contributed by atoms with Crippen LogP contribution in [0.3, 0.4) is 0 Å². The van der Waals surface area contributed by atoms with E-state index >= 15 is 0 Å². The number of rotatable bonds is 6. The van der Waals surface area contributed by atoms with Crippen molar-refractivity contribution in [2.24, 2.45) is 11.8 Å². The van der Waals surface area contributed by atoms with Crippen molar-refractivity contribution in [2.45, 2.75) is 65.2 Å². The molecule has 1 fully saturated rings. The number of carbonyl (C=O) groups excluding carboxylic acids is 1. The zero-order valence-corrected chi connectivity index (χ0v) is 10.8. The number of ether oxygens (including phenoxy) is 1. The summed E-state index contributed by atoms with van der Waals surface area (Å²) in [7, 11) is 0. The Hall–Kier alpha value is -0.530. The molecule has 0 amide bonds. The average molecular weight is 226 g/mol. The summed E-state index contributed by atoms with van der Waals surface area (Å²) in [6.07, 6.45) is 9.44. The van der Waals surface area contributed by atoms with Crippen LogP contribution in [0, 0.1) is 11.8 Å². The summed E-state index contributed by atoms with van der Waals surface area (Å²) in [4.78, 5) is 11.8. The molecule has 1 atom stereocenters. The first-order chi connectivity index (χ1) is 7.77. The molecule has 1 aliphatic rings. The topological polar surface area (TPSA) is 26.3 Å². The van der Waals surface area contributed by atoms with Gasteiger partial charge in [-0.3, -0.25) is 4.79 Å². The van der Waals surface area contributed by atoms with Crippen molar-refractivity contribution in [3.63, 3.8) is 0 Å². The normalized spacial score (nSPS) is 19.4. The molecule has 0 radical (unpaired) electrons. The summed E-state index contributed by atoms with van der Waals surface area (Å²) in [6.45, 7) is 4.86. The molecule has 0 bridgehead atoms. The van der Waals surface area contributed by atoms with Crippen LogP contribution in [0.1, 0.15) is 65.2 Å². The summed E-state index contributed by atoms with van der Waals surface area (Å²) in [5.41, 5.74) is 0. The molecule has 2 nitrogen and oxygen atoms in total. The van der Waals surface area contributed by atoms with Gasteiger partial charge in [-0.05, 0) is 31.6 Å². The third-order valence-corrected chi connectivity index (χ3v) is 3.65. The minimum absolute atomic E-state index is 0.0370. The number of hydrogen-bond donors (Lipinski definition) is 0. The highest BCUT2D eigenvalue weighted by Crippen LogP contribution is 2.24. The molecule has 94 valence electrons. The van der Waals surface area contributed by atoms with Gasteiger partial charge in [0.05, 0.1) is 12.5 Å². The summed E-state index contributed by atoms with van der Waals surface area (Å²) in [5.74, 6) is 0.806. The smallest absolute Gasteiger partial charge is 0.308 e. The lowest BCUT2D eigenvalue weighted by Gasteiger charge is -2.22. The zero-order valence-electron chi connectivity index (χ0n) is 10.8. The van der Waals surface area contributed by atoms with Crippen LogP contribution in [-0.4, -0.2) is 12.6 Å². The zero-order chi connectivity index (χ0) is 11.8. The Balaban J connectivity index is 2.21. The molecule has 2 heteroatoms. The van der Waals surface area contributed by atoms with Gasteiger partial charge in [-0.2, -0.15) is 0 Å². The second-order valence-electron chi connectivity index (χ2n) is 5.03. The molecule has 0 aromatic heterocycles. The van der Waals surface area contributed by atoms with Gasteiger partial charge >= 0.3 is 5.97 Å². The van der Waals surface area contributed by atoms with Crippen LogP contribution < -0.4 is 0 Å². The number of hydrogen-bond acceptors (Lipinski definition) is 2. The molecular weight excluding hydrogens is 200 g/mol. The quantitative estimate of drug-likeness (QED) is 0.641. The molecular formula is C14H26O2. The van der Waals surface area contributed by atoms with E-state index in [1.807, 2.05) is 0 Å². The first-order valence-corrected chi connectivity index (χ1v) is 6.94. The van der Waals surface area contributed by atoms with Gasteiger partial charge in [0.25, 0.3) is 0 Å². The van der Waals surface area contributed by atoms with Crippen LogP contribution in [0.4, 0.5) is 0 Å². The molecule has 1 unspecified atom stereocenters. The fourth-order valence-electron chi connectivity index (χ4n) is 2.51. The van der Waals surface area contributed by atoms with Gasteiger partial charge in [0, 0.05) is 0 Å². The van der Waals surface area contributed by atoms with Crippen LogP contribution in [0.25, 0.3) is 0 Å². The second-order valence-corrected chi connectivity index (χ2v) is 5.03. The highest BCUT2D eigenvalue weighted by atomic mass is 16.5. The molecule has 1 saturated carbocycles. The molecule has 0 aliphatic heterocycles. The summed E-state index contributed by atoms with van der Waals surface area (Å²) >= 11 is 0. The maximum absolute atomic E-state index is 11.8. The molecule has 0 aromatic rings. The van der Waals surface area contributed by atoms with E-state index in [0.29, 0.717) is 12.5 Å². The predicted octanol–water partition coefficient (Wildman–Crippen LogP) is 3.94. The Kier molecular flexibility index (Phi) is 6.51. The van der Waals surface area contributed by atoms with Crippen molar-refractivity contribution >= 4 is 5.97 Å². The van der Waals surface area contributed by atoms with Gasteiger partial charge in [0.2, 0.25) is 0 Å². The van der Waals surface area contributed by atoms with E-state index < -0.39 is 0 Å². The Labute approximate surface area is 99.8 Å². The van der Waals surface area contributed by atoms with E-state index in [1.54, 1.807) is 0 Å². The third kappa shape index (κ3) is 4.54. The van der Waals surface area contributed by atoms with Crippen molar-refractivity contribution in [2.75, 3.05) is 6.61 Å².